The number of para-hydroxylation sites is 1. The summed E-state index contributed by atoms with van der Waals surface area (Å²) >= 11 is 6.14. The maximum atomic E-state index is 14.5. The van der Waals surface area contributed by atoms with Crippen molar-refractivity contribution in [1.29, 1.82) is 0 Å². The van der Waals surface area contributed by atoms with Crippen molar-refractivity contribution in [2.45, 2.75) is 31.6 Å². The Morgan fingerprint density at radius 1 is 1.17 bits per heavy atom. The van der Waals surface area contributed by atoms with Crippen molar-refractivity contribution in [3.8, 4) is 0 Å². The average molecular weight is 454 g/mol. The van der Waals surface area contributed by atoms with Gasteiger partial charge in [-0.15, -0.1) is 0 Å². The maximum absolute atomic E-state index is 14.5. The quantitative estimate of drug-likeness (QED) is 0.676. The average Bonchev–Trinajstić information content (AvgIpc) is 3.25. The predicted octanol–water partition coefficient (Wildman–Crippen LogP) is 4.36. The van der Waals surface area contributed by atoms with Gasteiger partial charge >= 0.3 is 0 Å². The molecule has 0 radical (unpaired) electrons. The van der Waals surface area contributed by atoms with E-state index >= 15 is 0 Å². The molecule has 2 aromatic carbocycles. The van der Waals surface area contributed by atoms with E-state index in [0.29, 0.717) is 5.69 Å². The lowest BCUT2D eigenvalue weighted by Crippen LogP contribution is -2.31. The Bertz CT molecular complexity index is 1040. The lowest BCUT2D eigenvalue weighted by molar-refractivity contribution is 0.102. The van der Waals surface area contributed by atoms with Crippen molar-refractivity contribution in [2.75, 3.05) is 36.4 Å². The molecule has 0 bridgehead atoms. The van der Waals surface area contributed by atoms with E-state index in [1.54, 1.807) is 26.0 Å². The molecule has 30 heavy (non-hydrogen) atoms. The molecule has 0 atom stereocenters. The second kappa shape index (κ2) is 9.32. The molecule has 6 nitrogen and oxygen atoms in total. The van der Waals surface area contributed by atoms with Crippen molar-refractivity contribution in [2.24, 2.45) is 0 Å². The SMILES string of the molecule is CCN(CC)S(=O)(=O)c1cc(C(=O)Nc2c(F)cccc2N2CCCC2)ccc1Cl. The molecule has 0 saturated carbocycles. The number of halogens is 2. The number of hydrogen-bond donors (Lipinski definition) is 1. The molecular formula is C21H25ClFN3O3S. The zero-order valence-corrected chi connectivity index (χ0v) is 18.6. The van der Waals surface area contributed by atoms with Gasteiger partial charge in [0.15, 0.2) is 0 Å². The summed E-state index contributed by atoms with van der Waals surface area (Å²) in [5.41, 5.74) is 0.791. The fourth-order valence-corrected chi connectivity index (χ4v) is 5.55. The summed E-state index contributed by atoms with van der Waals surface area (Å²) in [5.74, 6) is -1.15. The van der Waals surface area contributed by atoms with Gasteiger partial charge in [0.05, 0.1) is 10.7 Å². The Balaban J connectivity index is 1.94. The minimum atomic E-state index is -3.85. The molecule has 1 saturated heterocycles. The lowest BCUT2D eigenvalue weighted by atomic mass is 10.2. The van der Waals surface area contributed by atoms with Crippen molar-refractivity contribution in [3.05, 3.63) is 52.8 Å². The van der Waals surface area contributed by atoms with Crippen LogP contribution in [-0.2, 0) is 10.0 Å². The van der Waals surface area contributed by atoms with Crippen LogP contribution in [0.5, 0.6) is 0 Å². The molecule has 1 aliphatic rings. The first-order chi connectivity index (χ1) is 14.3. The molecule has 0 unspecified atom stereocenters. The molecule has 0 aliphatic carbocycles. The Morgan fingerprint density at radius 3 is 2.47 bits per heavy atom. The molecule has 162 valence electrons. The highest BCUT2D eigenvalue weighted by atomic mass is 35.5. The van der Waals surface area contributed by atoms with E-state index in [9.17, 15) is 17.6 Å². The summed E-state index contributed by atoms with van der Waals surface area (Å²) in [4.78, 5) is 14.8. The van der Waals surface area contributed by atoms with Crippen LogP contribution in [-0.4, -0.2) is 44.8 Å². The number of hydrogen-bond acceptors (Lipinski definition) is 4. The van der Waals surface area contributed by atoms with Crippen molar-refractivity contribution < 1.29 is 17.6 Å². The lowest BCUT2D eigenvalue weighted by Gasteiger charge is -2.22. The van der Waals surface area contributed by atoms with Crippen LogP contribution in [0.25, 0.3) is 0 Å². The highest BCUT2D eigenvalue weighted by Crippen LogP contribution is 2.32. The minimum Gasteiger partial charge on any atom is -0.370 e. The summed E-state index contributed by atoms with van der Waals surface area (Å²) in [5, 5.41) is 2.65. The Hall–Kier alpha value is -2.16. The summed E-state index contributed by atoms with van der Waals surface area (Å²) in [6.45, 7) is 5.59. The molecule has 1 amide bonds. The van der Waals surface area contributed by atoms with E-state index in [4.69, 9.17) is 11.6 Å². The Kier molecular flexibility index (Phi) is 7.00. The first-order valence-electron chi connectivity index (χ1n) is 9.94. The van der Waals surface area contributed by atoms with E-state index in [1.807, 2.05) is 4.90 Å². The number of nitrogens with one attached hydrogen (secondary N) is 1. The second-order valence-corrected chi connectivity index (χ2v) is 9.33. The summed E-state index contributed by atoms with van der Waals surface area (Å²) in [6, 6.07) is 8.69. The molecular weight excluding hydrogens is 429 g/mol. The molecule has 1 aliphatic heterocycles. The van der Waals surface area contributed by atoms with E-state index < -0.39 is 21.7 Å². The molecule has 1 N–H and O–H groups in total. The summed E-state index contributed by atoms with van der Waals surface area (Å²) in [7, 11) is -3.85. The monoisotopic (exact) mass is 453 g/mol. The van der Waals surface area contributed by atoms with Gasteiger partial charge in [0.25, 0.3) is 5.91 Å². The van der Waals surface area contributed by atoms with Crippen molar-refractivity contribution in [1.82, 2.24) is 4.31 Å². The van der Waals surface area contributed by atoms with E-state index in [0.717, 1.165) is 25.9 Å². The molecule has 1 heterocycles. The number of rotatable bonds is 7. The van der Waals surface area contributed by atoms with Gasteiger partial charge in [0.1, 0.15) is 16.4 Å². The van der Waals surface area contributed by atoms with Crippen molar-refractivity contribution in [3.63, 3.8) is 0 Å². The van der Waals surface area contributed by atoms with Crippen LogP contribution in [0.4, 0.5) is 15.8 Å². The zero-order chi connectivity index (χ0) is 21.9. The molecule has 0 spiro atoms. The molecule has 9 heteroatoms. The first kappa shape index (κ1) is 22.5. The fourth-order valence-electron chi connectivity index (χ4n) is 3.59. The van der Waals surface area contributed by atoms with E-state index in [1.165, 1.54) is 28.6 Å². The third-order valence-electron chi connectivity index (χ3n) is 5.19. The minimum absolute atomic E-state index is 0.0297. The normalized spacial score (nSPS) is 14.4. The van der Waals surface area contributed by atoms with Crippen molar-refractivity contribution >= 4 is 38.9 Å². The fraction of sp³-hybridized carbons (Fsp3) is 0.381. The zero-order valence-electron chi connectivity index (χ0n) is 17.0. The number of carbonyl (C=O) groups excluding carboxylic acids is 1. The molecule has 0 aromatic heterocycles. The number of anilines is 2. The number of carbonyl (C=O) groups is 1. The smallest absolute Gasteiger partial charge is 0.255 e. The number of nitrogens with zero attached hydrogens (tertiary/aromatic N) is 2. The highest BCUT2D eigenvalue weighted by molar-refractivity contribution is 7.89. The van der Waals surface area contributed by atoms with Crippen LogP contribution >= 0.6 is 11.6 Å². The van der Waals surface area contributed by atoms with Crippen LogP contribution in [0.2, 0.25) is 5.02 Å². The number of amides is 1. The van der Waals surface area contributed by atoms with Gasteiger partial charge < -0.3 is 10.2 Å². The van der Waals surface area contributed by atoms with E-state index in [2.05, 4.69) is 5.32 Å². The van der Waals surface area contributed by atoms with Gasteiger partial charge in [-0.25, -0.2) is 12.8 Å². The number of sulfonamides is 1. The molecule has 1 fully saturated rings. The highest BCUT2D eigenvalue weighted by Gasteiger charge is 2.26. The maximum Gasteiger partial charge on any atom is 0.255 e. The predicted molar refractivity (Wildman–Crippen MR) is 117 cm³/mol. The standard InChI is InChI=1S/C21H25ClFN3O3S/c1-3-26(4-2)30(28,29)19-14-15(10-11-16(19)22)21(27)24-20-17(23)8-7-9-18(20)25-12-5-6-13-25/h7-11,14H,3-6,12-13H2,1-2H3,(H,24,27). The van der Waals surface area contributed by atoms with Gasteiger partial charge in [-0.1, -0.05) is 31.5 Å². The summed E-state index contributed by atoms with van der Waals surface area (Å²) < 4.78 is 41.6. The largest absolute Gasteiger partial charge is 0.370 e. The topological polar surface area (TPSA) is 69.7 Å². The van der Waals surface area contributed by atoms with Crippen LogP contribution in [0.15, 0.2) is 41.3 Å². The summed E-state index contributed by atoms with van der Waals surface area (Å²) in [6.07, 6.45) is 2.02. The van der Waals surface area contributed by atoms with Gasteiger partial charge in [0.2, 0.25) is 10.0 Å². The van der Waals surface area contributed by atoms with Gasteiger partial charge in [-0.2, -0.15) is 4.31 Å². The van der Waals surface area contributed by atoms with E-state index in [-0.39, 0.29) is 34.3 Å². The first-order valence-corrected chi connectivity index (χ1v) is 11.8. The van der Waals surface area contributed by atoms with Gasteiger partial charge in [-0.05, 0) is 43.2 Å². The molecule has 2 aromatic rings. The molecule has 3 rings (SSSR count). The van der Waals surface area contributed by atoms with Crippen LogP contribution < -0.4 is 10.2 Å². The van der Waals surface area contributed by atoms with Crippen LogP contribution in [0.1, 0.15) is 37.0 Å². The van der Waals surface area contributed by atoms with Gasteiger partial charge in [0, 0.05) is 31.7 Å². The number of benzene rings is 2. The van der Waals surface area contributed by atoms with Crippen LogP contribution in [0.3, 0.4) is 0 Å². The van der Waals surface area contributed by atoms with Crippen LogP contribution in [0, 0.1) is 5.82 Å². The Labute approximate surface area is 181 Å². The second-order valence-electron chi connectivity index (χ2n) is 7.02. The van der Waals surface area contributed by atoms with Gasteiger partial charge in [-0.3, -0.25) is 4.79 Å². The third kappa shape index (κ3) is 4.45. The third-order valence-corrected chi connectivity index (χ3v) is 7.72. The Morgan fingerprint density at radius 2 is 1.83 bits per heavy atom.